The minimum absolute atomic E-state index is 0.270. The van der Waals surface area contributed by atoms with Crippen molar-refractivity contribution in [3.8, 4) is 0 Å². The van der Waals surface area contributed by atoms with Crippen LogP contribution in [0.5, 0.6) is 0 Å². The topological polar surface area (TPSA) is 32.3 Å². The zero-order chi connectivity index (χ0) is 13.4. The van der Waals surface area contributed by atoms with Gasteiger partial charge in [0, 0.05) is 23.3 Å². The average Bonchev–Trinajstić information content (AvgIpc) is 2.33. The summed E-state index contributed by atoms with van der Waals surface area (Å²) in [4.78, 5) is 1.33. The van der Waals surface area contributed by atoms with Crippen molar-refractivity contribution in [1.82, 2.24) is 5.32 Å². The van der Waals surface area contributed by atoms with E-state index in [1.807, 2.05) is 11.8 Å². The van der Waals surface area contributed by atoms with Crippen LogP contribution in [0, 0.1) is 6.92 Å². The van der Waals surface area contributed by atoms with Crippen LogP contribution >= 0.6 is 11.8 Å². The molecule has 0 aliphatic heterocycles. The highest BCUT2D eigenvalue weighted by atomic mass is 32.2. The van der Waals surface area contributed by atoms with Crippen LogP contribution in [-0.2, 0) is 6.54 Å². The number of thioether (sulfide) groups is 1. The van der Waals surface area contributed by atoms with Crippen LogP contribution in [-0.4, -0.2) is 23.5 Å². The fourth-order valence-corrected chi connectivity index (χ4v) is 2.87. The summed E-state index contributed by atoms with van der Waals surface area (Å²) in [5, 5.41) is 12.8. The summed E-state index contributed by atoms with van der Waals surface area (Å²) in [6.45, 7) is 8.80. The molecule has 0 aliphatic rings. The van der Waals surface area contributed by atoms with Gasteiger partial charge in [-0.2, -0.15) is 0 Å². The minimum atomic E-state index is 0.270. The van der Waals surface area contributed by atoms with Crippen molar-refractivity contribution >= 4 is 11.8 Å². The van der Waals surface area contributed by atoms with Crippen LogP contribution in [0.4, 0.5) is 0 Å². The van der Waals surface area contributed by atoms with E-state index in [-0.39, 0.29) is 6.61 Å². The monoisotopic (exact) mass is 267 g/mol. The summed E-state index contributed by atoms with van der Waals surface area (Å²) < 4.78 is 0. The number of benzene rings is 1. The fraction of sp³-hybridized carbons (Fsp3) is 0.600. The quantitative estimate of drug-likeness (QED) is 0.559. The van der Waals surface area contributed by atoms with Crippen molar-refractivity contribution in [2.45, 2.75) is 50.3 Å². The van der Waals surface area contributed by atoms with Gasteiger partial charge in [0.05, 0.1) is 0 Å². The SMILES string of the molecule is CCCNCc1ccc(SC(C)CCO)c(C)c1. The highest BCUT2D eigenvalue weighted by Gasteiger charge is 2.06. The Balaban J connectivity index is 2.56. The molecular weight excluding hydrogens is 242 g/mol. The van der Waals surface area contributed by atoms with Crippen molar-refractivity contribution in [3.63, 3.8) is 0 Å². The Bertz CT molecular complexity index is 354. The van der Waals surface area contributed by atoms with Gasteiger partial charge in [-0.1, -0.05) is 26.0 Å². The van der Waals surface area contributed by atoms with Gasteiger partial charge in [0.15, 0.2) is 0 Å². The highest BCUT2D eigenvalue weighted by molar-refractivity contribution is 8.00. The fourth-order valence-electron chi connectivity index (χ4n) is 1.82. The Morgan fingerprint density at radius 3 is 2.78 bits per heavy atom. The van der Waals surface area contributed by atoms with Gasteiger partial charge in [-0.25, -0.2) is 0 Å². The molecule has 0 aliphatic carbocycles. The zero-order valence-corrected chi connectivity index (χ0v) is 12.5. The molecule has 0 bridgehead atoms. The Labute approximate surface area is 115 Å². The lowest BCUT2D eigenvalue weighted by atomic mass is 10.1. The molecular formula is C15H25NOS. The van der Waals surface area contributed by atoms with E-state index in [1.165, 1.54) is 22.4 Å². The zero-order valence-electron chi connectivity index (χ0n) is 11.7. The van der Waals surface area contributed by atoms with Crippen molar-refractivity contribution in [2.24, 2.45) is 0 Å². The van der Waals surface area contributed by atoms with E-state index in [2.05, 4.69) is 44.3 Å². The lowest BCUT2D eigenvalue weighted by molar-refractivity contribution is 0.289. The maximum absolute atomic E-state index is 8.93. The Morgan fingerprint density at radius 2 is 2.17 bits per heavy atom. The van der Waals surface area contributed by atoms with Crippen LogP contribution in [0.1, 0.15) is 37.8 Å². The first-order chi connectivity index (χ1) is 8.67. The predicted molar refractivity (Wildman–Crippen MR) is 80.2 cm³/mol. The Kier molecular flexibility index (Phi) is 7.40. The number of rotatable bonds is 8. The Hall–Kier alpha value is -0.510. The number of hydrogen-bond acceptors (Lipinski definition) is 3. The summed E-state index contributed by atoms with van der Waals surface area (Å²) in [5.41, 5.74) is 2.68. The maximum atomic E-state index is 8.93. The van der Waals surface area contributed by atoms with E-state index < -0.39 is 0 Å². The number of aliphatic hydroxyl groups is 1. The lowest BCUT2D eigenvalue weighted by Crippen LogP contribution is -2.13. The molecule has 0 saturated carbocycles. The second-order valence-electron chi connectivity index (χ2n) is 4.72. The van der Waals surface area contributed by atoms with E-state index in [0.717, 1.165) is 19.5 Å². The van der Waals surface area contributed by atoms with Crippen LogP contribution in [0.2, 0.25) is 0 Å². The van der Waals surface area contributed by atoms with Crippen LogP contribution in [0.15, 0.2) is 23.1 Å². The van der Waals surface area contributed by atoms with Crippen LogP contribution in [0.3, 0.4) is 0 Å². The van der Waals surface area contributed by atoms with Gasteiger partial charge in [0.2, 0.25) is 0 Å². The molecule has 0 saturated heterocycles. The molecule has 1 aromatic rings. The molecule has 1 aromatic carbocycles. The summed E-state index contributed by atoms with van der Waals surface area (Å²) in [7, 11) is 0. The van der Waals surface area contributed by atoms with Crippen molar-refractivity contribution < 1.29 is 5.11 Å². The van der Waals surface area contributed by atoms with Crippen molar-refractivity contribution in [1.29, 1.82) is 0 Å². The average molecular weight is 267 g/mol. The van der Waals surface area contributed by atoms with Crippen LogP contribution < -0.4 is 5.32 Å². The van der Waals surface area contributed by atoms with Crippen molar-refractivity contribution in [2.75, 3.05) is 13.2 Å². The molecule has 2 N–H and O–H groups in total. The first-order valence-electron chi connectivity index (χ1n) is 6.75. The molecule has 3 heteroatoms. The summed E-state index contributed by atoms with van der Waals surface area (Å²) in [6.07, 6.45) is 2.02. The number of aryl methyl sites for hydroxylation is 1. The Morgan fingerprint density at radius 1 is 1.39 bits per heavy atom. The molecule has 0 fully saturated rings. The van der Waals surface area contributed by atoms with Crippen LogP contribution in [0.25, 0.3) is 0 Å². The third kappa shape index (κ3) is 5.42. The van der Waals surface area contributed by atoms with E-state index in [4.69, 9.17) is 5.11 Å². The molecule has 102 valence electrons. The smallest absolute Gasteiger partial charge is 0.0441 e. The molecule has 0 spiro atoms. The van der Waals surface area contributed by atoms with E-state index >= 15 is 0 Å². The third-order valence-electron chi connectivity index (χ3n) is 2.86. The van der Waals surface area contributed by atoms with Gasteiger partial charge in [-0.3, -0.25) is 0 Å². The van der Waals surface area contributed by atoms with E-state index in [1.54, 1.807) is 0 Å². The number of aliphatic hydroxyl groups excluding tert-OH is 1. The molecule has 1 atom stereocenters. The van der Waals surface area contributed by atoms with Gasteiger partial charge >= 0.3 is 0 Å². The molecule has 0 radical (unpaired) electrons. The second-order valence-corrected chi connectivity index (χ2v) is 6.20. The van der Waals surface area contributed by atoms with E-state index in [0.29, 0.717) is 5.25 Å². The largest absolute Gasteiger partial charge is 0.396 e. The molecule has 1 rings (SSSR count). The molecule has 2 nitrogen and oxygen atoms in total. The minimum Gasteiger partial charge on any atom is -0.396 e. The highest BCUT2D eigenvalue weighted by Crippen LogP contribution is 2.28. The second kappa shape index (κ2) is 8.57. The first kappa shape index (κ1) is 15.5. The molecule has 1 unspecified atom stereocenters. The third-order valence-corrected chi connectivity index (χ3v) is 4.21. The van der Waals surface area contributed by atoms with Gasteiger partial charge in [-0.05, 0) is 43.5 Å². The normalized spacial score (nSPS) is 12.7. The van der Waals surface area contributed by atoms with Crippen molar-refractivity contribution in [3.05, 3.63) is 29.3 Å². The number of nitrogens with one attached hydrogen (secondary N) is 1. The van der Waals surface area contributed by atoms with E-state index in [9.17, 15) is 0 Å². The van der Waals surface area contributed by atoms with Gasteiger partial charge < -0.3 is 10.4 Å². The van der Waals surface area contributed by atoms with Gasteiger partial charge in [0.25, 0.3) is 0 Å². The number of hydrogen-bond donors (Lipinski definition) is 2. The lowest BCUT2D eigenvalue weighted by Gasteiger charge is -2.13. The van der Waals surface area contributed by atoms with Gasteiger partial charge in [-0.15, -0.1) is 11.8 Å². The molecule has 18 heavy (non-hydrogen) atoms. The molecule has 0 aromatic heterocycles. The molecule has 0 heterocycles. The summed E-state index contributed by atoms with van der Waals surface area (Å²) in [5.74, 6) is 0. The standard InChI is InChI=1S/C15H25NOS/c1-4-8-16-11-14-5-6-15(12(2)10-14)18-13(3)7-9-17/h5-6,10,13,16-17H,4,7-9,11H2,1-3H3. The van der Waals surface area contributed by atoms with Gasteiger partial charge in [0.1, 0.15) is 0 Å². The predicted octanol–water partition coefficient (Wildman–Crippen LogP) is 3.36. The maximum Gasteiger partial charge on any atom is 0.0441 e. The molecule has 0 amide bonds. The summed E-state index contributed by atoms with van der Waals surface area (Å²) >= 11 is 1.85. The first-order valence-corrected chi connectivity index (χ1v) is 7.63. The summed E-state index contributed by atoms with van der Waals surface area (Å²) in [6, 6.07) is 6.66.